The highest BCUT2D eigenvalue weighted by Gasteiger charge is 2.31. The van der Waals surface area contributed by atoms with Crippen molar-refractivity contribution in [2.45, 2.75) is 37.0 Å². The van der Waals surface area contributed by atoms with Gasteiger partial charge < -0.3 is 10.6 Å². The maximum atomic E-state index is 11.6. The molecule has 1 aliphatic carbocycles. The van der Waals surface area contributed by atoms with Crippen LogP contribution >= 0.6 is 0 Å². The molecule has 2 aliphatic rings. The number of primary sulfonamides is 1. The van der Waals surface area contributed by atoms with E-state index in [2.05, 4.69) is 4.90 Å². The third kappa shape index (κ3) is 3.16. The zero-order valence-corrected chi connectivity index (χ0v) is 13.0. The first kappa shape index (κ1) is 14.7. The highest BCUT2D eigenvalue weighted by molar-refractivity contribution is 7.89. The number of piperidine rings is 1. The van der Waals surface area contributed by atoms with E-state index < -0.39 is 10.0 Å². The Morgan fingerprint density at radius 1 is 1.05 bits per heavy atom. The van der Waals surface area contributed by atoms with Crippen molar-refractivity contribution in [3.8, 4) is 0 Å². The van der Waals surface area contributed by atoms with Crippen LogP contribution in [0.15, 0.2) is 23.1 Å². The van der Waals surface area contributed by atoms with Crippen molar-refractivity contribution in [1.29, 1.82) is 0 Å². The van der Waals surface area contributed by atoms with E-state index in [0.29, 0.717) is 5.69 Å². The molecule has 21 heavy (non-hydrogen) atoms. The molecule has 1 saturated carbocycles. The van der Waals surface area contributed by atoms with Crippen LogP contribution in [-0.4, -0.2) is 21.5 Å². The SMILES string of the molecule is Nc1cc(N2CCC3CCCCC3C2)cc(S(N)(=O)=O)c1. The molecule has 116 valence electrons. The predicted octanol–water partition coefficient (Wildman–Crippen LogP) is 1.93. The van der Waals surface area contributed by atoms with Gasteiger partial charge in [-0.3, -0.25) is 0 Å². The Morgan fingerprint density at radius 3 is 2.48 bits per heavy atom. The molecule has 0 bridgehead atoms. The van der Waals surface area contributed by atoms with Gasteiger partial charge in [-0.1, -0.05) is 19.3 Å². The van der Waals surface area contributed by atoms with Crippen molar-refractivity contribution < 1.29 is 8.42 Å². The van der Waals surface area contributed by atoms with Crippen LogP contribution in [0, 0.1) is 11.8 Å². The number of rotatable bonds is 2. The van der Waals surface area contributed by atoms with Crippen molar-refractivity contribution in [2.75, 3.05) is 23.7 Å². The van der Waals surface area contributed by atoms with Crippen molar-refractivity contribution in [1.82, 2.24) is 0 Å². The van der Waals surface area contributed by atoms with Gasteiger partial charge in [-0.05, 0) is 42.9 Å². The van der Waals surface area contributed by atoms with Gasteiger partial charge >= 0.3 is 0 Å². The average molecular weight is 309 g/mol. The van der Waals surface area contributed by atoms with Gasteiger partial charge in [0.1, 0.15) is 0 Å². The number of nitrogen functional groups attached to an aromatic ring is 1. The van der Waals surface area contributed by atoms with Gasteiger partial charge in [-0.2, -0.15) is 0 Å². The molecule has 0 radical (unpaired) electrons. The zero-order chi connectivity index (χ0) is 15.0. The minimum Gasteiger partial charge on any atom is -0.399 e. The minimum absolute atomic E-state index is 0.100. The van der Waals surface area contributed by atoms with E-state index in [1.165, 1.54) is 38.2 Å². The van der Waals surface area contributed by atoms with Crippen molar-refractivity contribution in [3.63, 3.8) is 0 Å². The van der Waals surface area contributed by atoms with Gasteiger partial charge in [0.15, 0.2) is 0 Å². The molecule has 2 atom stereocenters. The first-order valence-electron chi connectivity index (χ1n) is 7.62. The van der Waals surface area contributed by atoms with Crippen LogP contribution in [0.4, 0.5) is 11.4 Å². The lowest BCUT2D eigenvalue weighted by molar-refractivity contribution is 0.202. The minimum atomic E-state index is -3.72. The molecule has 6 heteroatoms. The van der Waals surface area contributed by atoms with Gasteiger partial charge in [-0.25, -0.2) is 13.6 Å². The summed E-state index contributed by atoms with van der Waals surface area (Å²) in [7, 11) is -3.72. The van der Waals surface area contributed by atoms with Crippen LogP contribution in [0.2, 0.25) is 0 Å². The van der Waals surface area contributed by atoms with Crippen LogP contribution in [0.1, 0.15) is 32.1 Å². The standard InChI is InChI=1S/C15H23N3O2S/c16-13-7-14(9-15(8-13)21(17,19)20)18-6-5-11-3-1-2-4-12(11)10-18/h7-9,11-12H,1-6,10,16H2,(H2,17,19,20). The lowest BCUT2D eigenvalue weighted by Gasteiger charge is -2.42. The second kappa shape index (κ2) is 5.50. The molecule has 4 N–H and O–H groups in total. The monoisotopic (exact) mass is 309 g/mol. The maximum absolute atomic E-state index is 11.6. The van der Waals surface area contributed by atoms with Gasteiger partial charge in [0.25, 0.3) is 0 Å². The Kier molecular flexibility index (Phi) is 3.84. The summed E-state index contributed by atoms with van der Waals surface area (Å²) in [6.45, 7) is 1.97. The van der Waals surface area contributed by atoms with E-state index in [1.807, 2.05) is 6.07 Å². The molecule has 0 amide bonds. The summed E-state index contributed by atoms with van der Waals surface area (Å²) in [5, 5.41) is 5.23. The molecule has 1 saturated heterocycles. The van der Waals surface area contributed by atoms with Crippen LogP contribution in [-0.2, 0) is 10.0 Å². The van der Waals surface area contributed by atoms with Crippen LogP contribution in [0.25, 0.3) is 0 Å². The fourth-order valence-corrected chi connectivity index (χ4v) is 4.37. The smallest absolute Gasteiger partial charge is 0.238 e. The normalized spacial score (nSPS) is 26.4. The van der Waals surface area contributed by atoms with E-state index in [4.69, 9.17) is 10.9 Å². The summed E-state index contributed by atoms with van der Waals surface area (Å²) >= 11 is 0. The largest absolute Gasteiger partial charge is 0.399 e. The molecule has 1 heterocycles. The molecule has 0 aromatic heterocycles. The number of fused-ring (bicyclic) bond motifs is 1. The van der Waals surface area contributed by atoms with E-state index in [-0.39, 0.29) is 4.90 Å². The molecule has 0 spiro atoms. The van der Waals surface area contributed by atoms with E-state index in [9.17, 15) is 8.42 Å². The number of sulfonamides is 1. The highest BCUT2D eigenvalue weighted by atomic mass is 32.2. The number of benzene rings is 1. The third-order valence-electron chi connectivity index (χ3n) is 4.90. The molecule has 1 aliphatic heterocycles. The molecule has 2 fully saturated rings. The second-order valence-corrected chi connectivity index (χ2v) is 7.91. The summed E-state index contributed by atoms with van der Waals surface area (Å²) in [6, 6.07) is 4.92. The number of anilines is 2. The van der Waals surface area contributed by atoms with Gasteiger partial charge in [-0.15, -0.1) is 0 Å². The van der Waals surface area contributed by atoms with Gasteiger partial charge in [0.2, 0.25) is 10.0 Å². The summed E-state index contributed by atoms with van der Waals surface area (Å²) in [4.78, 5) is 2.36. The average Bonchev–Trinajstić information content (AvgIpc) is 2.45. The topological polar surface area (TPSA) is 89.4 Å². The quantitative estimate of drug-likeness (QED) is 0.817. The zero-order valence-electron chi connectivity index (χ0n) is 12.2. The molecule has 1 aromatic rings. The van der Waals surface area contributed by atoms with Crippen LogP contribution in [0.3, 0.4) is 0 Å². The van der Waals surface area contributed by atoms with E-state index in [0.717, 1.165) is 30.6 Å². The molecule has 2 unspecified atom stereocenters. The third-order valence-corrected chi connectivity index (χ3v) is 5.79. The Labute approximate surface area is 126 Å². The summed E-state index contributed by atoms with van der Waals surface area (Å²) in [5.41, 5.74) is 7.17. The fraction of sp³-hybridized carbons (Fsp3) is 0.600. The highest BCUT2D eigenvalue weighted by Crippen LogP contribution is 2.38. The Balaban J connectivity index is 1.85. The first-order valence-corrected chi connectivity index (χ1v) is 9.16. The lowest BCUT2D eigenvalue weighted by atomic mass is 9.75. The fourth-order valence-electron chi connectivity index (χ4n) is 3.79. The van der Waals surface area contributed by atoms with Gasteiger partial charge in [0, 0.05) is 24.5 Å². The molecular formula is C15H23N3O2S. The summed E-state index contributed by atoms with van der Waals surface area (Å²) in [5.74, 6) is 1.57. The van der Waals surface area contributed by atoms with Crippen molar-refractivity contribution >= 4 is 21.4 Å². The molecule has 3 rings (SSSR count). The molecule has 1 aromatic carbocycles. The Morgan fingerprint density at radius 2 is 1.76 bits per heavy atom. The van der Waals surface area contributed by atoms with Crippen LogP contribution < -0.4 is 15.8 Å². The summed E-state index contributed by atoms with van der Waals surface area (Å²) < 4.78 is 23.1. The maximum Gasteiger partial charge on any atom is 0.238 e. The molecular weight excluding hydrogens is 286 g/mol. The summed E-state index contributed by atoms with van der Waals surface area (Å²) in [6.07, 6.45) is 6.48. The van der Waals surface area contributed by atoms with Crippen molar-refractivity contribution in [2.24, 2.45) is 17.0 Å². The Bertz CT molecular complexity index is 630. The predicted molar refractivity (Wildman–Crippen MR) is 84.5 cm³/mol. The van der Waals surface area contributed by atoms with E-state index in [1.54, 1.807) is 6.07 Å². The van der Waals surface area contributed by atoms with Crippen molar-refractivity contribution in [3.05, 3.63) is 18.2 Å². The van der Waals surface area contributed by atoms with Gasteiger partial charge in [0.05, 0.1) is 4.90 Å². The molecule has 5 nitrogen and oxygen atoms in total. The lowest BCUT2D eigenvalue weighted by Crippen LogP contribution is -2.41. The second-order valence-electron chi connectivity index (χ2n) is 6.34. The van der Waals surface area contributed by atoms with Crippen LogP contribution in [0.5, 0.6) is 0 Å². The van der Waals surface area contributed by atoms with E-state index >= 15 is 0 Å². The first-order chi connectivity index (χ1) is 9.93. The number of nitrogens with two attached hydrogens (primary N) is 2. The number of hydrogen-bond donors (Lipinski definition) is 2. The number of nitrogens with zero attached hydrogens (tertiary/aromatic N) is 1. The Hall–Kier alpha value is -1.27. The number of hydrogen-bond acceptors (Lipinski definition) is 4.